The topological polar surface area (TPSA) is 39.1 Å². The number of halogens is 1. The molecule has 0 saturated carbocycles. The van der Waals surface area contributed by atoms with Crippen LogP contribution in [0.1, 0.15) is 31.4 Å². The number of aromatic nitrogens is 2. The van der Waals surface area contributed by atoms with E-state index in [4.69, 9.17) is 4.74 Å². The molecule has 1 aliphatic rings. The maximum atomic E-state index is 5.64. The summed E-state index contributed by atoms with van der Waals surface area (Å²) in [6, 6.07) is 8.62. The first kappa shape index (κ1) is 14.6. The molecule has 1 aliphatic heterocycles. The number of nitrogens with zero attached hydrogens (tertiary/aromatic N) is 2. The van der Waals surface area contributed by atoms with E-state index in [1.54, 1.807) is 0 Å². The minimum Gasteiger partial charge on any atom is -0.376 e. The third kappa shape index (κ3) is 3.86. The lowest BCUT2D eigenvalue weighted by molar-refractivity contribution is 0.0940. The molecule has 5 heteroatoms. The lowest BCUT2D eigenvalue weighted by atomic mass is 10.1. The van der Waals surface area contributed by atoms with Crippen LogP contribution >= 0.6 is 15.9 Å². The highest BCUT2D eigenvalue weighted by molar-refractivity contribution is 9.10. The van der Waals surface area contributed by atoms with E-state index in [2.05, 4.69) is 63.7 Å². The van der Waals surface area contributed by atoms with Crippen LogP contribution < -0.4 is 5.32 Å². The zero-order valence-electron chi connectivity index (χ0n) is 12.1. The van der Waals surface area contributed by atoms with Crippen LogP contribution in [0, 0.1) is 0 Å². The van der Waals surface area contributed by atoms with E-state index in [1.807, 2.05) is 10.9 Å². The Kier molecular flexibility index (Phi) is 4.60. The second-order valence-corrected chi connectivity index (χ2v) is 6.42. The highest BCUT2D eigenvalue weighted by Gasteiger charge is 2.16. The molecule has 21 heavy (non-hydrogen) atoms. The highest BCUT2D eigenvalue weighted by Crippen LogP contribution is 2.21. The molecule has 0 amide bonds. The average molecular weight is 350 g/mol. The number of nitrogens with one attached hydrogen (secondary N) is 1. The van der Waals surface area contributed by atoms with Gasteiger partial charge in [-0.1, -0.05) is 28.1 Å². The largest absolute Gasteiger partial charge is 0.376 e. The number of hydrogen-bond acceptors (Lipinski definition) is 3. The molecule has 1 saturated heterocycles. The van der Waals surface area contributed by atoms with Crippen molar-refractivity contribution >= 4 is 21.6 Å². The third-order valence-corrected chi connectivity index (χ3v) is 4.33. The molecule has 0 aliphatic carbocycles. The second-order valence-electron chi connectivity index (χ2n) is 5.50. The first-order chi connectivity index (χ1) is 10.2. The molecule has 4 nitrogen and oxygen atoms in total. The molecule has 2 aromatic rings. The predicted molar refractivity (Wildman–Crippen MR) is 87.4 cm³/mol. The quantitative estimate of drug-likeness (QED) is 0.886. The van der Waals surface area contributed by atoms with Crippen molar-refractivity contribution in [2.45, 2.75) is 38.5 Å². The van der Waals surface area contributed by atoms with Crippen LogP contribution in [0.2, 0.25) is 0 Å². The van der Waals surface area contributed by atoms with Crippen molar-refractivity contribution in [2.24, 2.45) is 0 Å². The lowest BCUT2D eigenvalue weighted by Crippen LogP contribution is -2.15. The van der Waals surface area contributed by atoms with Crippen LogP contribution in [0.5, 0.6) is 0 Å². The van der Waals surface area contributed by atoms with Gasteiger partial charge < -0.3 is 10.1 Å². The fourth-order valence-corrected chi connectivity index (χ4v) is 2.88. The van der Waals surface area contributed by atoms with E-state index in [0.29, 0.717) is 6.10 Å². The van der Waals surface area contributed by atoms with E-state index >= 15 is 0 Å². The Balaban J connectivity index is 1.59. The molecular formula is C16H20BrN3O. The summed E-state index contributed by atoms with van der Waals surface area (Å²) in [5.74, 6) is 0. The van der Waals surface area contributed by atoms with Crippen molar-refractivity contribution in [3.05, 3.63) is 46.7 Å². The Hall–Kier alpha value is -1.33. The number of anilines is 1. The Labute approximate surface area is 133 Å². The number of benzene rings is 1. The van der Waals surface area contributed by atoms with E-state index < -0.39 is 0 Å². The molecule has 1 fully saturated rings. The lowest BCUT2D eigenvalue weighted by Gasteiger charge is -2.14. The van der Waals surface area contributed by atoms with E-state index in [9.17, 15) is 0 Å². The molecule has 2 atom stereocenters. The van der Waals surface area contributed by atoms with Crippen molar-refractivity contribution < 1.29 is 4.74 Å². The van der Waals surface area contributed by atoms with Crippen molar-refractivity contribution in [3.8, 4) is 0 Å². The molecule has 0 radical (unpaired) electrons. The van der Waals surface area contributed by atoms with Gasteiger partial charge in [-0.15, -0.1) is 0 Å². The summed E-state index contributed by atoms with van der Waals surface area (Å²) in [5.41, 5.74) is 2.30. The van der Waals surface area contributed by atoms with Gasteiger partial charge in [0.05, 0.1) is 24.5 Å². The maximum absolute atomic E-state index is 5.64. The summed E-state index contributed by atoms with van der Waals surface area (Å²) in [5, 5.41) is 7.89. The number of hydrogen-bond donors (Lipinski definition) is 1. The standard InChI is InChI=1S/C16H20BrN3O/c1-12(13-4-6-14(17)7-5-13)19-15-9-18-20(10-15)11-16-3-2-8-21-16/h4-7,9-10,12,16,19H,2-3,8,11H2,1H3. The van der Waals surface area contributed by atoms with E-state index in [1.165, 1.54) is 5.56 Å². The molecule has 112 valence electrons. The number of ether oxygens (including phenoxy) is 1. The zero-order valence-corrected chi connectivity index (χ0v) is 13.7. The van der Waals surface area contributed by atoms with Gasteiger partial charge in [0.1, 0.15) is 0 Å². The summed E-state index contributed by atoms with van der Waals surface area (Å²) in [7, 11) is 0. The summed E-state index contributed by atoms with van der Waals surface area (Å²) < 4.78 is 8.71. The number of rotatable bonds is 5. The molecule has 0 bridgehead atoms. The zero-order chi connectivity index (χ0) is 14.7. The van der Waals surface area contributed by atoms with Gasteiger partial charge in [-0.05, 0) is 37.5 Å². The van der Waals surface area contributed by atoms with Gasteiger partial charge in [0.15, 0.2) is 0 Å². The second kappa shape index (κ2) is 6.62. The first-order valence-corrected chi connectivity index (χ1v) is 8.16. The van der Waals surface area contributed by atoms with Crippen LogP contribution in [-0.2, 0) is 11.3 Å². The SMILES string of the molecule is CC(Nc1cnn(CC2CCCO2)c1)c1ccc(Br)cc1. The van der Waals surface area contributed by atoms with Gasteiger partial charge in [0.25, 0.3) is 0 Å². The van der Waals surface area contributed by atoms with Crippen LogP contribution in [-0.4, -0.2) is 22.5 Å². The maximum Gasteiger partial charge on any atom is 0.0771 e. The Morgan fingerprint density at radius 1 is 1.43 bits per heavy atom. The first-order valence-electron chi connectivity index (χ1n) is 7.37. The van der Waals surface area contributed by atoms with Gasteiger partial charge in [-0.2, -0.15) is 5.10 Å². The van der Waals surface area contributed by atoms with Crippen molar-refractivity contribution in [1.82, 2.24) is 9.78 Å². The molecule has 3 rings (SSSR count). The van der Waals surface area contributed by atoms with E-state index in [0.717, 1.165) is 36.2 Å². The van der Waals surface area contributed by atoms with Gasteiger partial charge in [0, 0.05) is 23.3 Å². The average Bonchev–Trinajstić information content (AvgIpc) is 3.12. The summed E-state index contributed by atoms with van der Waals surface area (Å²) in [4.78, 5) is 0. The Morgan fingerprint density at radius 3 is 2.95 bits per heavy atom. The third-order valence-electron chi connectivity index (χ3n) is 3.80. The van der Waals surface area contributed by atoms with Crippen LogP contribution in [0.3, 0.4) is 0 Å². The molecule has 1 aromatic heterocycles. The summed E-state index contributed by atoms with van der Waals surface area (Å²) in [6.45, 7) is 3.88. The fraction of sp³-hybridized carbons (Fsp3) is 0.438. The molecule has 0 spiro atoms. The van der Waals surface area contributed by atoms with Crippen molar-refractivity contribution in [2.75, 3.05) is 11.9 Å². The normalized spacial score (nSPS) is 19.6. The van der Waals surface area contributed by atoms with Crippen LogP contribution in [0.15, 0.2) is 41.1 Å². The molecule has 1 aromatic carbocycles. The minimum absolute atomic E-state index is 0.249. The highest BCUT2D eigenvalue weighted by atomic mass is 79.9. The Morgan fingerprint density at radius 2 is 2.24 bits per heavy atom. The molecule has 2 heterocycles. The molecule has 2 unspecified atom stereocenters. The van der Waals surface area contributed by atoms with Crippen molar-refractivity contribution in [3.63, 3.8) is 0 Å². The predicted octanol–water partition coefficient (Wildman–Crippen LogP) is 4.00. The smallest absolute Gasteiger partial charge is 0.0771 e. The van der Waals surface area contributed by atoms with Gasteiger partial charge >= 0.3 is 0 Å². The van der Waals surface area contributed by atoms with E-state index in [-0.39, 0.29) is 6.04 Å². The fourth-order valence-electron chi connectivity index (χ4n) is 2.62. The molecular weight excluding hydrogens is 330 g/mol. The monoisotopic (exact) mass is 349 g/mol. The van der Waals surface area contributed by atoms with Gasteiger partial charge in [-0.3, -0.25) is 4.68 Å². The molecule has 1 N–H and O–H groups in total. The minimum atomic E-state index is 0.249. The van der Waals surface area contributed by atoms with Gasteiger partial charge in [0.2, 0.25) is 0 Å². The van der Waals surface area contributed by atoms with Gasteiger partial charge in [-0.25, -0.2) is 0 Å². The summed E-state index contributed by atoms with van der Waals surface area (Å²) in [6.07, 6.45) is 6.55. The van der Waals surface area contributed by atoms with Crippen LogP contribution in [0.4, 0.5) is 5.69 Å². The summed E-state index contributed by atoms with van der Waals surface area (Å²) >= 11 is 3.46. The Bertz CT molecular complexity index is 575. The van der Waals surface area contributed by atoms with Crippen LogP contribution in [0.25, 0.3) is 0 Å². The van der Waals surface area contributed by atoms with Crippen molar-refractivity contribution in [1.29, 1.82) is 0 Å².